The zero-order valence-corrected chi connectivity index (χ0v) is 15.3. The number of aromatic hydroxyl groups is 2. The summed E-state index contributed by atoms with van der Waals surface area (Å²) in [6, 6.07) is 4.62. The maximum Gasteiger partial charge on any atom is 0.263 e. The molecule has 0 spiro atoms. The highest BCUT2D eigenvalue weighted by Crippen LogP contribution is 2.34. The average Bonchev–Trinajstić information content (AvgIpc) is 2.97. The number of benzene rings is 1. The zero-order chi connectivity index (χ0) is 19.0. The molecule has 2 heterocycles. The van der Waals surface area contributed by atoms with Crippen LogP contribution in [0.4, 0.5) is 5.82 Å². The smallest absolute Gasteiger partial charge is 0.263 e. The summed E-state index contributed by atoms with van der Waals surface area (Å²) in [5.74, 6) is -0.159. The van der Waals surface area contributed by atoms with Gasteiger partial charge < -0.3 is 14.8 Å². The fraction of sp³-hybridized carbons (Fsp3) is 0.316. The van der Waals surface area contributed by atoms with Crippen LogP contribution in [0.5, 0.6) is 11.5 Å². The maximum atomic E-state index is 13.2. The Kier molecular flexibility index (Phi) is 4.54. The highest BCUT2D eigenvalue weighted by atomic mass is 16.3. The summed E-state index contributed by atoms with van der Waals surface area (Å²) in [5, 5.41) is 21.0. The van der Waals surface area contributed by atoms with Crippen LogP contribution in [0.1, 0.15) is 42.6 Å². The van der Waals surface area contributed by atoms with E-state index >= 15 is 0 Å². The van der Waals surface area contributed by atoms with Gasteiger partial charge in [0.1, 0.15) is 29.3 Å². The molecule has 7 heteroatoms. The molecule has 1 amide bonds. The molecule has 0 radical (unpaired) electrons. The minimum Gasteiger partial charge on any atom is -0.508 e. The van der Waals surface area contributed by atoms with Crippen LogP contribution < -0.4 is 4.90 Å². The summed E-state index contributed by atoms with van der Waals surface area (Å²) in [5.41, 5.74) is 1.46. The Balaban J connectivity index is 2.11. The second-order valence-electron chi connectivity index (χ2n) is 6.49. The van der Waals surface area contributed by atoms with E-state index < -0.39 is 0 Å². The maximum absolute atomic E-state index is 13.2. The summed E-state index contributed by atoms with van der Waals surface area (Å²) in [4.78, 5) is 23.2. The Morgan fingerprint density at radius 2 is 1.96 bits per heavy atom. The van der Waals surface area contributed by atoms with Crippen LogP contribution in [0.15, 0.2) is 30.7 Å². The quantitative estimate of drug-likeness (QED) is 0.751. The summed E-state index contributed by atoms with van der Waals surface area (Å²) >= 11 is 0. The first-order valence-corrected chi connectivity index (χ1v) is 8.48. The van der Waals surface area contributed by atoms with E-state index in [1.807, 2.05) is 44.6 Å². The first kappa shape index (κ1) is 17.7. The lowest BCUT2D eigenvalue weighted by molar-refractivity contribution is 0.0985. The highest BCUT2D eigenvalue weighted by Gasteiger charge is 2.24. The lowest BCUT2D eigenvalue weighted by Crippen LogP contribution is -2.31. The van der Waals surface area contributed by atoms with Gasteiger partial charge in [0.2, 0.25) is 0 Å². The van der Waals surface area contributed by atoms with Gasteiger partial charge in [-0.2, -0.15) is 0 Å². The zero-order valence-electron chi connectivity index (χ0n) is 15.3. The monoisotopic (exact) mass is 354 g/mol. The van der Waals surface area contributed by atoms with Gasteiger partial charge in [0.15, 0.2) is 0 Å². The Hall–Kier alpha value is -3.09. The molecule has 2 aromatic heterocycles. The Bertz CT molecular complexity index is 978. The molecule has 0 atom stereocenters. The molecule has 2 N–H and O–H groups in total. The molecule has 0 saturated carbocycles. The van der Waals surface area contributed by atoms with Crippen LogP contribution in [0.3, 0.4) is 0 Å². The molecule has 7 nitrogen and oxygen atoms in total. The molecule has 1 aromatic carbocycles. The Morgan fingerprint density at radius 3 is 2.62 bits per heavy atom. The standard InChI is InChI=1S/C19H22N4O3/c1-5-23(18-12-6-7-22(4)17(12)20-10-21-18)19(26)14-8-13(11(2)3)15(24)9-16(14)25/h6-11,24-25H,5H2,1-4H3. The van der Waals surface area contributed by atoms with Gasteiger partial charge in [-0.1, -0.05) is 13.8 Å². The SMILES string of the molecule is CCN(C(=O)c1cc(C(C)C)c(O)cc1O)c1ncnc2c1ccn2C. The van der Waals surface area contributed by atoms with Crippen molar-refractivity contribution in [3.8, 4) is 11.5 Å². The number of phenolic OH excluding ortho intramolecular Hbond substituents is 2. The number of carbonyl (C=O) groups excluding carboxylic acids is 1. The number of aromatic nitrogens is 3. The van der Waals surface area contributed by atoms with E-state index in [-0.39, 0.29) is 28.9 Å². The number of aryl methyl sites for hydroxylation is 1. The minimum absolute atomic E-state index is 0.0112. The van der Waals surface area contributed by atoms with E-state index in [9.17, 15) is 15.0 Å². The Labute approximate surface area is 151 Å². The van der Waals surface area contributed by atoms with E-state index in [1.165, 1.54) is 17.3 Å². The van der Waals surface area contributed by atoms with E-state index in [2.05, 4.69) is 9.97 Å². The molecule has 0 saturated heterocycles. The summed E-state index contributed by atoms with van der Waals surface area (Å²) in [6.45, 7) is 6.04. The molecule has 3 aromatic rings. The number of anilines is 1. The van der Waals surface area contributed by atoms with Gasteiger partial charge >= 0.3 is 0 Å². The normalized spacial score (nSPS) is 11.3. The number of amides is 1. The average molecular weight is 354 g/mol. The van der Waals surface area contributed by atoms with Crippen LogP contribution in [0.2, 0.25) is 0 Å². The van der Waals surface area contributed by atoms with Crippen LogP contribution in [-0.4, -0.2) is 37.2 Å². The van der Waals surface area contributed by atoms with Gasteiger partial charge in [0, 0.05) is 25.9 Å². The third-order valence-corrected chi connectivity index (χ3v) is 4.46. The molecule has 0 aliphatic carbocycles. The summed E-state index contributed by atoms with van der Waals surface area (Å²) in [7, 11) is 1.87. The van der Waals surface area contributed by atoms with Crippen LogP contribution in [0.25, 0.3) is 11.0 Å². The van der Waals surface area contributed by atoms with Gasteiger partial charge in [-0.3, -0.25) is 9.69 Å². The molecule has 0 bridgehead atoms. The van der Waals surface area contributed by atoms with E-state index in [1.54, 1.807) is 6.07 Å². The van der Waals surface area contributed by atoms with Gasteiger partial charge in [0.05, 0.1) is 10.9 Å². The molecule has 3 rings (SSSR count). The van der Waals surface area contributed by atoms with Crippen LogP contribution in [0, 0.1) is 0 Å². The lowest BCUT2D eigenvalue weighted by Gasteiger charge is -2.22. The molecule has 0 fully saturated rings. The van der Waals surface area contributed by atoms with Crippen molar-refractivity contribution in [2.75, 3.05) is 11.4 Å². The number of nitrogens with zero attached hydrogens (tertiary/aromatic N) is 4. The fourth-order valence-corrected chi connectivity index (χ4v) is 3.04. The van der Waals surface area contributed by atoms with E-state index in [0.29, 0.717) is 17.9 Å². The van der Waals surface area contributed by atoms with Crippen molar-refractivity contribution in [3.05, 3.63) is 41.9 Å². The number of rotatable bonds is 4. The third kappa shape index (κ3) is 2.85. The number of carbonyl (C=O) groups is 1. The largest absolute Gasteiger partial charge is 0.508 e. The number of phenols is 2. The van der Waals surface area contributed by atoms with E-state index in [0.717, 1.165) is 11.0 Å². The first-order valence-electron chi connectivity index (χ1n) is 8.48. The second-order valence-corrected chi connectivity index (χ2v) is 6.49. The summed E-state index contributed by atoms with van der Waals surface area (Å²) < 4.78 is 1.85. The topological polar surface area (TPSA) is 91.5 Å². The summed E-state index contributed by atoms with van der Waals surface area (Å²) in [6.07, 6.45) is 3.28. The fourth-order valence-electron chi connectivity index (χ4n) is 3.04. The van der Waals surface area contributed by atoms with Crippen molar-refractivity contribution >= 4 is 22.8 Å². The van der Waals surface area contributed by atoms with Gasteiger partial charge in [-0.25, -0.2) is 9.97 Å². The molecule has 0 unspecified atom stereocenters. The molecule has 136 valence electrons. The Morgan fingerprint density at radius 1 is 1.23 bits per heavy atom. The van der Waals surface area contributed by atoms with Crippen LogP contribution >= 0.6 is 0 Å². The molecular formula is C19H22N4O3. The molecular weight excluding hydrogens is 332 g/mol. The first-order chi connectivity index (χ1) is 12.3. The van der Waals surface area contributed by atoms with Gasteiger partial charge in [0.25, 0.3) is 5.91 Å². The minimum atomic E-state index is -0.379. The van der Waals surface area contributed by atoms with Crippen molar-refractivity contribution < 1.29 is 15.0 Å². The van der Waals surface area contributed by atoms with Gasteiger partial charge in [-0.05, 0) is 30.5 Å². The van der Waals surface area contributed by atoms with Crippen molar-refractivity contribution in [1.82, 2.24) is 14.5 Å². The van der Waals surface area contributed by atoms with Gasteiger partial charge in [-0.15, -0.1) is 0 Å². The van der Waals surface area contributed by atoms with Crippen molar-refractivity contribution in [2.45, 2.75) is 26.7 Å². The van der Waals surface area contributed by atoms with Crippen molar-refractivity contribution in [2.24, 2.45) is 7.05 Å². The van der Waals surface area contributed by atoms with Crippen molar-refractivity contribution in [1.29, 1.82) is 0 Å². The number of fused-ring (bicyclic) bond motifs is 1. The van der Waals surface area contributed by atoms with Crippen molar-refractivity contribution in [3.63, 3.8) is 0 Å². The van der Waals surface area contributed by atoms with Crippen LogP contribution in [-0.2, 0) is 7.05 Å². The predicted molar refractivity (Wildman–Crippen MR) is 99.7 cm³/mol. The lowest BCUT2D eigenvalue weighted by atomic mass is 9.98. The third-order valence-electron chi connectivity index (χ3n) is 4.46. The highest BCUT2D eigenvalue weighted by molar-refractivity contribution is 6.10. The molecule has 0 aliphatic rings. The second kappa shape index (κ2) is 6.67. The molecule has 26 heavy (non-hydrogen) atoms. The number of hydrogen-bond acceptors (Lipinski definition) is 5. The number of hydrogen-bond donors (Lipinski definition) is 2. The van der Waals surface area contributed by atoms with E-state index in [4.69, 9.17) is 0 Å². The predicted octanol–water partition coefficient (Wildman–Crippen LogP) is 3.17. The molecule has 0 aliphatic heterocycles.